The highest BCUT2D eigenvalue weighted by molar-refractivity contribution is 14.1. The number of carbonyl (C=O) groups is 1. The van der Waals surface area contributed by atoms with E-state index in [1.54, 1.807) is 0 Å². The average Bonchev–Trinajstić information content (AvgIpc) is 2.38. The van der Waals surface area contributed by atoms with E-state index in [1.807, 2.05) is 34.6 Å². The van der Waals surface area contributed by atoms with Gasteiger partial charge >= 0.3 is 5.97 Å². The molecule has 0 aromatic rings. The van der Waals surface area contributed by atoms with Gasteiger partial charge in [-0.05, 0) is 34.6 Å². The Balaban J connectivity index is 2.84. The number of ether oxygens (including phenoxy) is 2. The number of hydrogen-bond donors (Lipinski definition) is 0. The van der Waals surface area contributed by atoms with E-state index in [1.165, 1.54) is 0 Å². The molecule has 1 rings (SSSR count). The Kier molecular flexibility index (Phi) is 4.49. The highest BCUT2D eigenvalue weighted by atomic mass is 127. The first-order valence-electron chi connectivity index (χ1n) is 5.88. The van der Waals surface area contributed by atoms with Crippen molar-refractivity contribution in [2.75, 3.05) is 0 Å². The van der Waals surface area contributed by atoms with Gasteiger partial charge in [-0.1, -0.05) is 29.5 Å². The van der Waals surface area contributed by atoms with E-state index in [2.05, 4.69) is 29.5 Å². The molecular formula is C13H21IO3. The first-order valence-corrected chi connectivity index (χ1v) is 7.13. The summed E-state index contributed by atoms with van der Waals surface area (Å²) in [5, 5.41) is 0. The van der Waals surface area contributed by atoms with Crippen LogP contribution in [0.4, 0.5) is 0 Å². The van der Waals surface area contributed by atoms with Crippen molar-refractivity contribution in [2.24, 2.45) is 5.92 Å². The van der Waals surface area contributed by atoms with Crippen molar-refractivity contribution in [1.29, 1.82) is 0 Å². The lowest BCUT2D eigenvalue weighted by Gasteiger charge is -2.22. The van der Waals surface area contributed by atoms with E-state index >= 15 is 0 Å². The van der Waals surface area contributed by atoms with E-state index in [4.69, 9.17) is 9.47 Å². The van der Waals surface area contributed by atoms with Gasteiger partial charge in [-0.3, -0.25) is 0 Å². The fraction of sp³-hybridized carbons (Fsp3) is 0.769. The van der Waals surface area contributed by atoms with Crippen molar-refractivity contribution in [2.45, 2.75) is 57.2 Å². The Hall–Kier alpha value is -0.260. The second-order valence-electron chi connectivity index (χ2n) is 5.52. The van der Waals surface area contributed by atoms with Crippen molar-refractivity contribution < 1.29 is 14.3 Å². The first-order chi connectivity index (χ1) is 7.63. The van der Waals surface area contributed by atoms with Crippen LogP contribution in [0.1, 0.15) is 41.5 Å². The van der Waals surface area contributed by atoms with Crippen molar-refractivity contribution in [3.05, 3.63) is 11.3 Å². The van der Waals surface area contributed by atoms with Gasteiger partial charge in [0.1, 0.15) is 17.5 Å². The summed E-state index contributed by atoms with van der Waals surface area (Å²) in [5.74, 6) is 0.555. The van der Waals surface area contributed by atoms with Gasteiger partial charge in [0.2, 0.25) is 0 Å². The van der Waals surface area contributed by atoms with Gasteiger partial charge in [0.15, 0.2) is 0 Å². The predicted molar refractivity (Wildman–Crippen MR) is 76.1 cm³/mol. The molecule has 0 saturated heterocycles. The zero-order chi connectivity index (χ0) is 13.4. The molecule has 0 bridgehead atoms. The third-order valence-corrected chi connectivity index (χ3v) is 3.42. The highest BCUT2D eigenvalue weighted by Crippen LogP contribution is 2.36. The predicted octanol–water partition coefficient (Wildman–Crippen LogP) is 3.46. The molecule has 1 aliphatic heterocycles. The Morgan fingerprint density at radius 2 is 2.00 bits per heavy atom. The van der Waals surface area contributed by atoms with Gasteiger partial charge in [-0.25, -0.2) is 4.79 Å². The topological polar surface area (TPSA) is 35.5 Å². The van der Waals surface area contributed by atoms with E-state index in [0.717, 1.165) is 0 Å². The molecule has 0 fully saturated rings. The van der Waals surface area contributed by atoms with Gasteiger partial charge in [-0.2, -0.15) is 0 Å². The largest absolute Gasteiger partial charge is 0.493 e. The minimum absolute atomic E-state index is 0.0677. The smallest absolute Gasteiger partial charge is 0.338 e. The SMILES string of the molecule is CC1=C(C(=O)OC(C)(C)C)[C@@H](C)[C@H]([C@@H](C)I)O1. The maximum atomic E-state index is 12.1. The summed E-state index contributed by atoms with van der Waals surface area (Å²) < 4.78 is 11.5. The summed E-state index contributed by atoms with van der Waals surface area (Å²) in [7, 11) is 0. The molecule has 0 N–H and O–H groups in total. The number of carbonyl (C=O) groups excluding carboxylic acids is 1. The lowest BCUT2D eigenvalue weighted by molar-refractivity contribution is -0.150. The summed E-state index contributed by atoms with van der Waals surface area (Å²) in [6.45, 7) is 11.6. The van der Waals surface area contributed by atoms with E-state index in [0.29, 0.717) is 15.3 Å². The molecule has 3 nitrogen and oxygen atoms in total. The first kappa shape index (κ1) is 14.8. The standard InChI is InChI=1S/C13H21IO3/c1-7-10(12(15)17-13(4,5)6)9(3)16-11(7)8(2)14/h7-8,11H,1-6H3/t7-,8-,11-/m1/s1. The quantitative estimate of drug-likeness (QED) is 0.434. The molecule has 98 valence electrons. The maximum Gasteiger partial charge on any atom is 0.338 e. The van der Waals surface area contributed by atoms with Crippen LogP contribution < -0.4 is 0 Å². The molecule has 1 aliphatic rings. The lowest BCUT2D eigenvalue weighted by Crippen LogP contribution is -2.30. The maximum absolute atomic E-state index is 12.1. The number of esters is 1. The van der Waals surface area contributed by atoms with Gasteiger partial charge in [0.25, 0.3) is 0 Å². The monoisotopic (exact) mass is 352 g/mol. The molecule has 3 atom stereocenters. The highest BCUT2D eigenvalue weighted by Gasteiger charge is 2.39. The second kappa shape index (κ2) is 5.16. The average molecular weight is 352 g/mol. The number of allylic oxidation sites excluding steroid dienone is 1. The zero-order valence-corrected chi connectivity index (χ0v) is 13.5. The van der Waals surface area contributed by atoms with Gasteiger partial charge < -0.3 is 9.47 Å². The Morgan fingerprint density at radius 1 is 1.47 bits per heavy atom. The minimum atomic E-state index is -0.460. The molecule has 4 heteroatoms. The molecule has 0 saturated carbocycles. The van der Waals surface area contributed by atoms with Crippen LogP contribution in [0, 0.1) is 5.92 Å². The van der Waals surface area contributed by atoms with Gasteiger partial charge in [-0.15, -0.1) is 0 Å². The molecule has 0 spiro atoms. The number of hydrogen-bond acceptors (Lipinski definition) is 3. The molecule has 0 radical (unpaired) electrons. The van der Waals surface area contributed by atoms with Crippen LogP contribution in [0.3, 0.4) is 0 Å². The van der Waals surface area contributed by atoms with E-state index in [-0.39, 0.29) is 18.0 Å². The molecule has 0 aromatic heterocycles. The Morgan fingerprint density at radius 3 is 2.35 bits per heavy atom. The summed E-state index contributed by atoms with van der Waals surface area (Å²) >= 11 is 2.33. The van der Waals surface area contributed by atoms with Crippen molar-refractivity contribution in [3.63, 3.8) is 0 Å². The van der Waals surface area contributed by atoms with Crippen molar-refractivity contribution in [1.82, 2.24) is 0 Å². The van der Waals surface area contributed by atoms with Crippen LogP contribution >= 0.6 is 22.6 Å². The van der Waals surface area contributed by atoms with Crippen molar-refractivity contribution in [3.8, 4) is 0 Å². The molecule has 0 aliphatic carbocycles. The third kappa shape index (κ3) is 3.60. The van der Waals surface area contributed by atoms with Crippen LogP contribution in [0.2, 0.25) is 0 Å². The Labute approximate surface area is 117 Å². The third-order valence-electron chi connectivity index (χ3n) is 2.71. The van der Waals surface area contributed by atoms with Crippen molar-refractivity contribution >= 4 is 28.6 Å². The second-order valence-corrected chi connectivity index (χ2v) is 7.49. The minimum Gasteiger partial charge on any atom is -0.493 e. The molecular weight excluding hydrogens is 331 g/mol. The van der Waals surface area contributed by atoms with Crippen LogP contribution in [-0.4, -0.2) is 21.6 Å². The number of halogens is 1. The number of alkyl halides is 1. The summed E-state index contributed by atoms with van der Waals surface area (Å²) in [6.07, 6.45) is 0.0677. The molecule has 0 amide bonds. The molecule has 0 unspecified atom stereocenters. The summed E-state index contributed by atoms with van der Waals surface area (Å²) in [6, 6.07) is 0. The fourth-order valence-corrected chi connectivity index (χ4v) is 2.78. The zero-order valence-electron chi connectivity index (χ0n) is 11.3. The summed E-state index contributed by atoms with van der Waals surface area (Å²) in [5.41, 5.74) is 0.228. The molecule has 1 heterocycles. The summed E-state index contributed by atoms with van der Waals surface area (Å²) in [4.78, 5) is 12.1. The Bertz CT molecular complexity index is 339. The number of rotatable bonds is 2. The lowest BCUT2D eigenvalue weighted by atomic mass is 9.95. The van der Waals surface area contributed by atoms with Gasteiger partial charge in [0.05, 0.1) is 5.57 Å². The normalized spacial score (nSPS) is 26.8. The molecule has 0 aromatic carbocycles. The fourth-order valence-electron chi connectivity index (χ4n) is 2.01. The van der Waals surface area contributed by atoms with E-state index < -0.39 is 5.60 Å². The van der Waals surface area contributed by atoms with Crippen LogP contribution in [0.15, 0.2) is 11.3 Å². The van der Waals surface area contributed by atoms with Gasteiger partial charge in [0, 0.05) is 9.84 Å². The van der Waals surface area contributed by atoms with E-state index in [9.17, 15) is 4.79 Å². The van der Waals surface area contributed by atoms with Crippen LogP contribution in [0.25, 0.3) is 0 Å². The van der Waals surface area contributed by atoms with Crippen LogP contribution in [-0.2, 0) is 14.3 Å². The molecule has 17 heavy (non-hydrogen) atoms. The van der Waals surface area contributed by atoms with Crippen LogP contribution in [0.5, 0.6) is 0 Å².